The van der Waals surface area contributed by atoms with Crippen LogP contribution in [0.25, 0.3) is 0 Å². The normalized spacial score (nSPS) is 35.9. The van der Waals surface area contributed by atoms with Gasteiger partial charge in [-0.15, -0.1) is 0 Å². The molecule has 2 aliphatic rings. The number of amides is 1. The minimum Gasteiger partial charge on any atom is -0.370 e. The predicted molar refractivity (Wildman–Crippen MR) is 58.8 cm³/mol. The summed E-state index contributed by atoms with van der Waals surface area (Å²) in [5.41, 5.74) is 5.64. The van der Waals surface area contributed by atoms with E-state index in [1.807, 2.05) is 0 Å². The molecule has 0 heterocycles. The van der Waals surface area contributed by atoms with E-state index in [4.69, 9.17) is 5.73 Å². The van der Waals surface area contributed by atoms with Crippen molar-refractivity contribution in [3.8, 4) is 0 Å². The van der Waals surface area contributed by atoms with Crippen molar-refractivity contribution in [3.63, 3.8) is 0 Å². The Labute approximate surface area is 87.2 Å². The van der Waals surface area contributed by atoms with E-state index in [2.05, 4.69) is 0 Å². The monoisotopic (exact) mass is 197 g/mol. The topological polar surface area (TPSA) is 43.1 Å². The minimum absolute atomic E-state index is 0. The van der Waals surface area contributed by atoms with Crippen molar-refractivity contribution in [2.24, 2.45) is 17.1 Å². The summed E-state index contributed by atoms with van der Waals surface area (Å²) in [5.74, 6) is 0.810. The van der Waals surface area contributed by atoms with Gasteiger partial charge >= 0.3 is 0 Å². The summed E-state index contributed by atoms with van der Waals surface area (Å²) < 4.78 is 0. The first-order chi connectivity index (χ1) is 6.20. The van der Waals surface area contributed by atoms with Crippen molar-refractivity contribution in [1.82, 2.24) is 0 Å². The zero-order valence-corrected chi connectivity index (χ0v) is 8.22. The highest BCUT2D eigenvalue weighted by atomic mass is 16.1. The molecule has 2 N–H and O–H groups in total. The molecule has 2 heteroatoms. The molecule has 0 radical (unpaired) electrons. The van der Waals surface area contributed by atoms with Gasteiger partial charge in [-0.3, -0.25) is 4.79 Å². The summed E-state index contributed by atoms with van der Waals surface area (Å²) in [6, 6.07) is 0. The average Bonchev–Trinajstić information content (AvgIpc) is 2.02. The van der Waals surface area contributed by atoms with Crippen molar-refractivity contribution in [2.45, 2.75) is 58.8 Å². The number of carbonyl (C=O) groups is 1. The van der Waals surface area contributed by atoms with Crippen LogP contribution in [0.5, 0.6) is 0 Å². The summed E-state index contributed by atoms with van der Waals surface area (Å²) in [7, 11) is 0. The lowest BCUT2D eigenvalue weighted by molar-refractivity contribution is -0.121. The van der Waals surface area contributed by atoms with Gasteiger partial charge in [0.1, 0.15) is 0 Å². The van der Waals surface area contributed by atoms with Crippen LogP contribution < -0.4 is 5.73 Å². The van der Waals surface area contributed by atoms with Gasteiger partial charge in [-0.1, -0.05) is 33.1 Å². The van der Waals surface area contributed by atoms with Crippen molar-refractivity contribution in [1.29, 1.82) is 0 Å². The van der Waals surface area contributed by atoms with Crippen molar-refractivity contribution in [3.05, 3.63) is 0 Å². The zero-order valence-electron chi connectivity index (χ0n) is 8.22. The second kappa shape index (κ2) is 4.33. The summed E-state index contributed by atoms with van der Waals surface area (Å²) in [4.78, 5) is 11.0. The number of carbonyl (C=O) groups excluding carboxylic acids is 1. The Morgan fingerprint density at radius 1 is 1.29 bits per heavy atom. The summed E-state index contributed by atoms with van der Waals surface area (Å²) in [5, 5.41) is 0. The number of hydrogen-bond donors (Lipinski definition) is 1. The van der Waals surface area contributed by atoms with Gasteiger partial charge in [0.05, 0.1) is 0 Å². The molecule has 14 heavy (non-hydrogen) atoms. The lowest BCUT2D eigenvalue weighted by Crippen LogP contribution is -2.36. The number of fused-ring (bicyclic) bond motifs is 2. The molecule has 0 aromatic carbocycles. The van der Waals surface area contributed by atoms with Crippen LogP contribution in [-0.4, -0.2) is 5.91 Å². The van der Waals surface area contributed by atoms with Gasteiger partial charge in [-0.05, 0) is 30.6 Å². The van der Waals surface area contributed by atoms with Gasteiger partial charge < -0.3 is 5.73 Å². The van der Waals surface area contributed by atoms with E-state index in [-0.39, 0.29) is 13.3 Å². The summed E-state index contributed by atoms with van der Waals surface area (Å²) in [6.07, 6.45) is 9.81. The fourth-order valence-corrected chi connectivity index (χ4v) is 3.44. The Kier molecular flexibility index (Phi) is 3.57. The SMILES string of the molecule is C.NC(=O)CC12CCCC(CCC1)C2. The Morgan fingerprint density at radius 3 is 2.36 bits per heavy atom. The minimum atomic E-state index is -0.0949. The van der Waals surface area contributed by atoms with Gasteiger partial charge in [0.2, 0.25) is 5.91 Å². The smallest absolute Gasteiger partial charge is 0.217 e. The zero-order chi connectivity index (χ0) is 9.31. The van der Waals surface area contributed by atoms with E-state index in [1.54, 1.807) is 0 Å². The molecule has 0 aromatic heterocycles. The van der Waals surface area contributed by atoms with Gasteiger partial charge in [0.15, 0.2) is 0 Å². The number of rotatable bonds is 2. The first-order valence-corrected chi connectivity index (χ1v) is 5.49. The van der Waals surface area contributed by atoms with Crippen LogP contribution in [0.3, 0.4) is 0 Å². The molecule has 0 saturated heterocycles. The molecule has 0 atom stereocenters. The van der Waals surface area contributed by atoms with Crippen LogP contribution in [-0.2, 0) is 4.79 Å². The molecule has 2 saturated carbocycles. The Bertz CT molecular complexity index is 202. The van der Waals surface area contributed by atoms with E-state index >= 15 is 0 Å². The standard InChI is InChI=1S/C11H19NO.CH4/c12-10(13)8-11-5-1-3-9(7-11)4-2-6-11;/h9H,1-8H2,(H2,12,13);1H4. The van der Waals surface area contributed by atoms with E-state index < -0.39 is 0 Å². The van der Waals surface area contributed by atoms with Crippen LogP contribution in [0.1, 0.15) is 58.8 Å². The van der Waals surface area contributed by atoms with Gasteiger partial charge in [0.25, 0.3) is 0 Å². The highest BCUT2D eigenvalue weighted by Crippen LogP contribution is 2.50. The Hall–Kier alpha value is -0.530. The molecule has 1 amide bonds. The third kappa shape index (κ3) is 2.28. The Balaban J connectivity index is 0.000000980. The number of primary amides is 1. The highest BCUT2D eigenvalue weighted by molar-refractivity contribution is 5.74. The van der Waals surface area contributed by atoms with Crippen molar-refractivity contribution >= 4 is 5.91 Å². The average molecular weight is 197 g/mol. The van der Waals surface area contributed by atoms with Gasteiger partial charge in [0, 0.05) is 6.42 Å². The maximum absolute atomic E-state index is 11.0. The molecule has 2 aliphatic carbocycles. The van der Waals surface area contributed by atoms with Crippen LogP contribution in [0.2, 0.25) is 0 Å². The number of nitrogens with two attached hydrogens (primary N) is 1. The first-order valence-electron chi connectivity index (χ1n) is 5.49. The number of hydrogen-bond acceptors (Lipinski definition) is 1. The second-order valence-electron chi connectivity index (χ2n) is 5.00. The largest absolute Gasteiger partial charge is 0.370 e. The maximum atomic E-state index is 11.0. The fourth-order valence-electron chi connectivity index (χ4n) is 3.44. The molecule has 2 fully saturated rings. The van der Waals surface area contributed by atoms with E-state index in [0.29, 0.717) is 11.8 Å². The molecule has 0 spiro atoms. The van der Waals surface area contributed by atoms with Crippen molar-refractivity contribution < 1.29 is 4.79 Å². The molecule has 0 unspecified atom stereocenters. The van der Waals surface area contributed by atoms with Gasteiger partial charge in [-0.25, -0.2) is 0 Å². The molecule has 0 aromatic rings. The molecule has 2 nitrogen and oxygen atoms in total. The van der Waals surface area contributed by atoms with Crippen LogP contribution >= 0.6 is 0 Å². The summed E-state index contributed by atoms with van der Waals surface area (Å²) >= 11 is 0. The molecule has 2 rings (SSSR count). The maximum Gasteiger partial charge on any atom is 0.217 e. The molecular weight excluding hydrogens is 174 g/mol. The quantitative estimate of drug-likeness (QED) is 0.726. The van der Waals surface area contributed by atoms with Gasteiger partial charge in [-0.2, -0.15) is 0 Å². The van der Waals surface area contributed by atoms with Crippen molar-refractivity contribution in [2.75, 3.05) is 0 Å². The predicted octanol–water partition coefficient (Wildman–Crippen LogP) is 2.86. The Morgan fingerprint density at radius 2 is 1.86 bits per heavy atom. The molecule has 82 valence electrons. The van der Waals surface area contributed by atoms with E-state index in [1.165, 1.54) is 44.9 Å². The first kappa shape index (κ1) is 11.5. The van der Waals surface area contributed by atoms with Crippen LogP contribution in [0, 0.1) is 11.3 Å². The lowest BCUT2D eigenvalue weighted by atomic mass is 9.60. The lowest BCUT2D eigenvalue weighted by Gasteiger charge is -2.44. The fraction of sp³-hybridized carbons (Fsp3) is 0.917. The third-order valence-electron chi connectivity index (χ3n) is 3.91. The van der Waals surface area contributed by atoms with E-state index in [0.717, 1.165) is 5.92 Å². The van der Waals surface area contributed by atoms with Crippen LogP contribution in [0.4, 0.5) is 0 Å². The molecule has 0 aliphatic heterocycles. The second-order valence-corrected chi connectivity index (χ2v) is 5.00. The highest BCUT2D eigenvalue weighted by Gasteiger charge is 2.39. The molecule has 2 bridgehead atoms. The third-order valence-corrected chi connectivity index (χ3v) is 3.91. The summed E-state index contributed by atoms with van der Waals surface area (Å²) in [6.45, 7) is 0. The van der Waals surface area contributed by atoms with E-state index in [9.17, 15) is 4.79 Å². The molecular formula is C12H23NO. The van der Waals surface area contributed by atoms with Crippen LogP contribution in [0.15, 0.2) is 0 Å².